The smallest absolute Gasteiger partial charge is 0.191 e. The molecule has 5 heteroatoms. The van der Waals surface area contributed by atoms with Crippen molar-refractivity contribution in [3.63, 3.8) is 0 Å². The van der Waals surface area contributed by atoms with Gasteiger partial charge in [0.25, 0.3) is 0 Å². The lowest BCUT2D eigenvalue weighted by Gasteiger charge is -2.16. The summed E-state index contributed by atoms with van der Waals surface area (Å²) in [5, 5.41) is 10.00. The minimum atomic E-state index is 0. The lowest BCUT2D eigenvalue weighted by Crippen LogP contribution is -2.40. The second-order valence-corrected chi connectivity index (χ2v) is 4.86. The van der Waals surface area contributed by atoms with Crippen LogP contribution in [0.5, 0.6) is 0 Å². The molecule has 0 fully saturated rings. The zero-order chi connectivity index (χ0) is 12.8. The summed E-state index contributed by atoms with van der Waals surface area (Å²) in [6.07, 6.45) is 1.12. The van der Waals surface area contributed by atoms with Crippen LogP contribution in [0.15, 0.2) is 29.3 Å². The van der Waals surface area contributed by atoms with Gasteiger partial charge < -0.3 is 16.0 Å². The minimum Gasteiger partial charge on any atom is -0.383 e. The second kappa shape index (κ2) is 8.24. The lowest BCUT2D eigenvalue weighted by molar-refractivity contribution is 0.702. The van der Waals surface area contributed by atoms with E-state index in [-0.39, 0.29) is 24.0 Å². The third-order valence-corrected chi connectivity index (χ3v) is 2.74. The topological polar surface area (TPSA) is 48.5 Å². The van der Waals surface area contributed by atoms with E-state index in [9.17, 15) is 0 Å². The maximum atomic E-state index is 4.39. The molecule has 0 spiro atoms. The highest BCUT2D eigenvalue weighted by atomic mass is 127. The van der Waals surface area contributed by atoms with Gasteiger partial charge in [0.15, 0.2) is 5.96 Å². The molecule has 1 aromatic carbocycles. The van der Waals surface area contributed by atoms with Crippen LogP contribution in [0.25, 0.3) is 0 Å². The van der Waals surface area contributed by atoms with E-state index in [0.29, 0.717) is 6.04 Å². The molecule has 0 aromatic heterocycles. The molecule has 1 aliphatic heterocycles. The van der Waals surface area contributed by atoms with Gasteiger partial charge in [0, 0.05) is 31.4 Å². The second-order valence-electron chi connectivity index (χ2n) is 4.86. The van der Waals surface area contributed by atoms with Gasteiger partial charge in [-0.3, -0.25) is 4.99 Å². The summed E-state index contributed by atoms with van der Waals surface area (Å²) in [4.78, 5) is 4.39. The number of nitrogens with zero attached hydrogens (tertiary/aromatic N) is 1. The first-order valence-electron chi connectivity index (χ1n) is 6.62. The summed E-state index contributed by atoms with van der Waals surface area (Å²) in [7, 11) is 0. The molecule has 0 saturated heterocycles. The highest BCUT2D eigenvalue weighted by Crippen LogP contribution is 2.11. The van der Waals surface area contributed by atoms with Crippen molar-refractivity contribution in [2.45, 2.75) is 32.9 Å². The number of benzene rings is 1. The number of halogens is 1. The minimum absolute atomic E-state index is 0. The van der Waals surface area contributed by atoms with Gasteiger partial charge in [0.2, 0.25) is 0 Å². The molecule has 1 aromatic rings. The molecular weight excluding hydrogens is 351 g/mol. The monoisotopic (exact) mass is 374 g/mol. The first-order chi connectivity index (χ1) is 8.74. The standard InChI is InChI=1S/C14H22N4.HI/c1-11(2)18-13-6-3-5-12(9-13)10-17-14-15-7-4-8-16-14;/h3,5-6,9,11,18H,4,7-8,10H2,1-2H3,(H2,15,16,17);1H. The molecule has 0 atom stereocenters. The molecule has 106 valence electrons. The number of hydrogen-bond acceptors (Lipinski definition) is 4. The van der Waals surface area contributed by atoms with Crippen LogP contribution in [0.1, 0.15) is 25.8 Å². The maximum Gasteiger partial charge on any atom is 0.191 e. The molecule has 4 nitrogen and oxygen atoms in total. The van der Waals surface area contributed by atoms with Crippen molar-refractivity contribution in [2.24, 2.45) is 4.99 Å². The summed E-state index contributed by atoms with van der Waals surface area (Å²) < 4.78 is 0. The number of nitrogens with one attached hydrogen (secondary N) is 3. The van der Waals surface area contributed by atoms with Crippen molar-refractivity contribution in [1.82, 2.24) is 10.6 Å². The average Bonchev–Trinajstić information content (AvgIpc) is 2.37. The number of anilines is 1. The Bertz CT molecular complexity index is 418. The van der Waals surface area contributed by atoms with Crippen molar-refractivity contribution in [1.29, 1.82) is 0 Å². The average molecular weight is 374 g/mol. The normalized spacial score (nSPS) is 14.2. The Morgan fingerprint density at radius 1 is 1.37 bits per heavy atom. The number of rotatable bonds is 4. The van der Waals surface area contributed by atoms with Gasteiger partial charge in [-0.15, -0.1) is 24.0 Å². The highest BCUT2D eigenvalue weighted by Gasteiger charge is 2.03. The summed E-state index contributed by atoms with van der Waals surface area (Å²) in [5.41, 5.74) is 2.43. The third-order valence-electron chi connectivity index (χ3n) is 2.74. The number of guanidine groups is 1. The number of aliphatic imine (C=N–C) groups is 1. The van der Waals surface area contributed by atoms with Gasteiger partial charge in [-0.2, -0.15) is 0 Å². The van der Waals surface area contributed by atoms with Gasteiger partial charge in [-0.1, -0.05) is 12.1 Å². The van der Waals surface area contributed by atoms with E-state index in [2.05, 4.69) is 59.1 Å². The van der Waals surface area contributed by atoms with E-state index >= 15 is 0 Å². The summed E-state index contributed by atoms with van der Waals surface area (Å²) >= 11 is 0. The SMILES string of the molecule is CC(C)Nc1cccc(CNC2=NCCCN2)c1.I. The molecule has 3 N–H and O–H groups in total. The van der Waals surface area contributed by atoms with E-state index < -0.39 is 0 Å². The molecule has 2 rings (SSSR count). The molecule has 1 heterocycles. The van der Waals surface area contributed by atoms with Gasteiger partial charge in [-0.25, -0.2) is 0 Å². The van der Waals surface area contributed by atoms with Crippen molar-refractivity contribution >= 4 is 35.6 Å². The quantitative estimate of drug-likeness (QED) is 0.710. The van der Waals surface area contributed by atoms with E-state index in [1.165, 1.54) is 11.3 Å². The Labute approximate surface area is 132 Å². The molecule has 0 unspecified atom stereocenters. The predicted octanol–water partition coefficient (Wildman–Crippen LogP) is 2.56. The van der Waals surface area contributed by atoms with E-state index in [1.807, 2.05) is 0 Å². The summed E-state index contributed by atoms with van der Waals surface area (Å²) in [5.74, 6) is 0.920. The van der Waals surface area contributed by atoms with Gasteiger partial charge in [0.1, 0.15) is 0 Å². The Morgan fingerprint density at radius 3 is 2.89 bits per heavy atom. The zero-order valence-electron chi connectivity index (χ0n) is 11.6. The van der Waals surface area contributed by atoms with Crippen molar-refractivity contribution in [2.75, 3.05) is 18.4 Å². The molecule has 0 radical (unpaired) electrons. The van der Waals surface area contributed by atoms with Gasteiger partial charge >= 0.3 is 0 Å². The Kier molecular flexibility index (Phi) is 6.97. The number of hydrogen-bond donors (Lipinski definition) is 3. The Morgan fingerprint density at radius 2 is 2.21 bits per heavy atom. The lowest BCUT2D eigenvalue weighted by atomic mass is 10.2. The van der Waals surface area contributed by atoms with E-state index in [0.717, 1.165) is 32.0 Å². The first kappa shape index (κ1) is 16.1. The van der Waals surface area contributed by atoms with Crippen molar-refractivity contribution in [3.8, 4) is 0 Å². The Balaban J connectivity index is 0.00000180. The first-order valence-corrected chi connectivity index (χ1v) is 6.62. The fraction of sp³-hybridized carbons (Fsp3) is 0.500. The molecule has 0 saturated carbocycles. The summed E-state index contributed by atoms with van der Waals surface area (Å²) in [6, 6.07) is 8.94. The van der Waals surface area contributed by atoms with E-state index in [4.69, 9.17) is 0 Å². The fourth-order valence-corrected chi connectivity index (χ4v) is 1.94. The maximum absolute atomic E-state index is 4.39. The van der Waals surface area contributed by atoms with Crippen LogP contribution >= 0.6 is 24.0 Å². The summed E-state index contributed by atoms with van der Waals surface area (Å²) in [6.45, 7) is 7.03. The third kappa shape index (κ3) is 5.67. The largest absolute Gasteiger partial charge is 0.383 e. The van der Waals surface area contributed by atoms with E-state index in [1.54, 1.807) is 0 Å². The van der Waals surface area contributed by atoms with Crippen LogP contribution in [0.4, 0.5) is 5.69 Å². The van der Waals surface area contributed by atoms with Crippen molar-refractivity contribution < 1.29 is 0 Å². The van der Waals surface area contributed by atoms with Crippen LogP contribution in [-0.2, 0) is 6.54 Å². The predicted molar refractivity (Wildman–Crippen MR) is 92.4 cm³/mol. The molecule has 19 heavy (non-hydrogen) atoms. The Hall–Kier alpha value is -0.980. The fourth-order valence-electron chi connectivity index (χ4n) is 1.94. The van der Waals surface area contributed by atoms with Crippen LogP contribution in [0.2, 0.25) is 0 Å². The highest BCUT2D eigenvalue weighted by molar-refractivity contribution is 14.0. The van der Waals surface area contributed by atoms with Crippen LogP contribution < -0.4 is 16.0 Å². The van der Waals surface area contributed by atoms with Gasteiger partial charge in [-0.05, 0) is 38.0 Å². The molecular formula is C14H23IN4. The zero-order valence-corrected chi connectivity index (χ0v) is 13.9. The molecule has 1 aliphatic rings. The molecule has 0 amide bonds. The van der Waals surface area contributed by atoms with Crippen LogP contribution in [0, 0.1) is 0 Å². The van der Waals surface area contributed by atoms with Gasteiger partial charge in [0.05, 0.1) is 0 Å². The van der Waals surface area contributed by atoms with Crippen molar-refractivity contribution in [3.05, 3.63) is 29.8 Å². The molecule has 0 aliphatic carbocycles. The van der Waals surface area contributed by atoms with Crippen LogP contribution in [-0.4, -0.2) is 25.1 Å². The van der Waals surface area contributed by atoms with Crippen LogP contribution in [0.3, 0.4) is 0 Å². The molecule has 0 bridgehead atoms.